The SMILES string of the molecule is [C-]#[N+]c1ccc(S(=O)(=O)S(=O)(=O)C(Br)(Br)Br)cc1. The Morgan fingerprint density at radius 2 is 1.44 bits per heavy atom. The third-order valence-electron chi connectivity index (χ3n) is 1.83. The number of halogens is 3. The number of hydrogen-bond acceptors (Lipinski definition) is 4. The average molecular weight is 482 g/mol. The highest BCUT2D eigenvalue weighted by atomic mass is 80.0. The third kappa shape index (κ3) is 2.80. The van der Waals surface area contributed by atoms with Crippen LogP contribution in [-0.2, 0) is 17.7 Å². The Morgan fingerprint density at radius 3 is 1.78 bits per heavy atom. The molecule has 1 rings (SSSR count). The number of alkyl halides is 3. The minimum atomic E-state index is -4.60. The molecule has 0 spiro atoms. The maximum absolute atomic E-state index is 11.9. The lowest BCUT2D eigenvalue weighted by Crippen LogP contribution is -2.27. The molecule has 0 heterocycles. The van der Waals surface area contributed by atoms with Gasteiger partial charge in [-0.1, -0.05) is 24.3 Å². The highest BCUT2D eigenvalue weighted by molar-refractivity contribution is 9.43. The second kappa shape index (κ2) is 5.20. The molecule has 0 N–H and O–H groups in total. The van der Waals surface area contributed by atoms with Gasteiger partial charge in [-0.15, -0.1) is 0 Å². The van der Waals surface area contributed by atoms with Gasteiger partial charge in [0.15, 0.2) is 5.69 Å². The molecule has 0 unspecified atom stereocenters. The standard InChI is InChI=1S/C8H4Br3NO4S2/c1-12-6-2-4-7(5-3-6)17(13,14)18(15,16)8(9,10)11/h2-5H. The quantitative estimate of drug-likeness (QED) is 0.369. The van der Waals surface area contributed by atoms with Crippen LogP contribution in [0.1, 0.15) is 0 Å². The Kier molecular flexibility index (Phi) is 4.66. The minimum absolute atomic E-state index is 0.217. The summed E-state index contributed by atoms with van der Waals surface area (Å²) in [5.41, 5.74) is 0.217. The molecule has 0 aliphatic carbocycles. The van der Waals surface area contributed by atoms with E-state index in [9.17, 15) is 16.8 Å². The molecule has 98 valence electrons. The van der Waals surface area contributed by atoms with Crippen LogP contribution < -0.4 is 0 Å². The topological polar surface area (TPSA) is 72.6 Å². The van der Waals surface area contributed by atoms with Crippen molar-refractivity contribution < 1.29 is 16.8 Å². The van der Waals surface area contributed by atoms with Crippen molar-refractivity contribution in [3.8, 4) is 0 Å². The number of hydrogen-bond donors (Lipinski definition) is 0. The molecule has 1 aromatic rings. The summed E-state index contributed by atoms with van der Waals surface area (Å²) in [5.74, 6) is 0. The molecule has 0 saturated carbocycles. The van der Waals surface area contributed by atoms with Gasteiger partial charge in [0.05, 0.1) is 11.5 Å². The zero-order chi connectivity index (χ0) is 14.2. The molecule has 0 saturated heterocycles. The van der Waals surface area contributed by atoms with Crippen LogP contribution in [0, 0.1) is 6.57 Å². The van der Waals surface area contributed by atoms with Crippen molar-refractivity contribution in [3.63, 3.8) is 0 Å². The Balaban J connectivity index is 3.45. The van der Waals surface area contributed by atoms with E-state index in [1.165, 1.54) is 12.1 Å². The summed E-state index contributed by atoms with van der Waals surface area (Å²) in [7, 11) is -9.20. The fourth-order valence-electron chi connectivity index (χ4n) is 0.938. The highest BCUT2D eigenvalue weighted by Crippen LogP contribution is 2.44. The maximum Gasteiger partial charge on any atom is 0.293 e. The van der Waals surface area contributed by atoms with Gasteiger partial charge in [-0.05, 0) is 47.8 Å². The first-order valence-corrected chi connectivity index (χ1v) is 9.94. The van der Waals surface area contributed by atoms with Crippen molar-refractivity contribution in [2.45, 2.75) is 6.37 Å². The van der Waals surface area contributed by atoms with Crippen LogP contribution in [0.25, 0.3) is 4.85 Å². The molecule has 0 bridgehead atoms. The average Bonchev–Trinajstić information content (AvgIpc) is 2.27. The van der Waals surface area contributed by atoms with Crippen molar-refractivity contribution in [1.82, 2.24) is 0 Å². The predicted molar refractivity (Wildman–Crippen MR) is 78.3 cm³/mol. The van der Waals surface area contributed by atoms with E-state index < -0.39 is 24.1 Å². The molecule has 0 aromatic heterocycles. The Bertz CT molecular complexity index is 696. The van der Waals surface area contributed by atoms with Crippen LogP contribution in [0.2, 0.25) is 0 Å². The number of benzene rings is 1. The van der Waals surface area contributed by atoms with Crippen LogP contribution in [0.3, 0.4) is 0 Å². The molecule has 10 heteroatoms. The molecule has 0 fully saturated rings. The second-order valence-corrected chi connectivity index (χ2v) is 16.8. The van der Waals surface area contributed by atoms with Gasteiger partial charge in [-0.2, -0.15) is 0 Å². The third-order valence-corrected chi connectivity index (χ3v) is 12.6. The van der Waals surface area contributed by atoms with Crippen LogP contribution >= 0.6 is 47.8 Å². The molecule has 0 aliphatic heterocycles. The molecule has 0 radical (unpaired) electrons. The first-order valence-electron chi connectivity index (χ1n) is 4.08. The first kappa shape index (κ1) is 16.1. The largest absolute Gasteiger partial charge is 0.293 e. The Hall–Kier alpha value is 0.0500. The van der Waals surface area contributed by atoms with E-state index in [4.69, 9.17) is 6.57 Å². The minimum Gasteiger partial charge on any atom is -0.238 e. The fourth-order valence-corrected chi connectivity index (χ4v) is 8.45. The van der Waals surface area contributed by atoms with Crippen molar-refractivity contribution >= 4 is 71.2 Å². The van der Waals surface area contributed by atoms with Crippen LogP contribution in [-0.4, -0.2) is 18.3 Å². The summed E-state index contributed by atoms with van der Waals surface area (Å²) in [4.78, 5) is 2.68. The molecule has 0 amide bonds. The van der Waals surface area contributed by atoms with E-state index in [1.807, 2.05) is 0 Å². The molecule has 5 nitrogen and oxygen atoms in total. The maximum atomic E-state index is 11.9. The monoisotopic (exact) mass is 479 g/mol. The van der Waals surface area contributed by atoms with Crippen molar-refractivity contribution in [1.29, 1.82) is 0 Å². The summed E-state index contributed by atoms with van der Waals surface area (Å²) >= 11 is 8.04. The van der Waals surface area contributed by atoms with Gasteiger partial charge >= 0.3 is 0 Å². The molecule has 18 heavy (non-hydrogen) atoms. The summed E-state index contributed by atoms with van der Waals surface area (Å²) in [6.07, 6.45) is 0. The van der Waals surface area contributed by atoms with E-state index in [1.54, 1.807) is 0 Å². The zero-order valence-corrected chi connectivity index (χ0v) is 14.7. The Morgan fingerprint density at radius 1 is 1.00 bits per heavy atom. The number of nitrogens with zero attached hydrogens (tertiary/aromatic N) is 1. The van der Waals surface area contributed by atoms with E-state index in [0.29, 0.717) is 0 Å². The highest BCUT2D eigenvalue weighted by Gasteiger charge is 2.47. The lowest BCUT2D eigenvalue weighted by molar-refractivity contribution is 0.584. The van der Waals surface area contributed by atoms with Gasteiger partial charge < -0.3 is 0 Å². The zero-order valence-electron chi connectivity index (χ0n) is 8.34. The molecule has 0 aliphatic rings. The molecule has 0 atom stereocenters. The van der Waals surface area contributed by atoms with Gasteiger partial charge in [0.2, 0.25) is 1.47 Å². The lowest BCUT2D eigenvalue weighted by atomic mass is 10.3. The van der Waals surface area contributed by atoms with Gasteiger partial charge in [-0.25, -0.2) is 21.7 Å². The van der Waals surface area contributed by atoms with Gasteiger partial charge in [-0.3, -0.25) is 0 Å². The molecule has 1 aromatic carbocycles. The van der Waals surface area contributed by atoms with Gasteiger partial charge in [0.25, 0.3) is 17.7 Å². The van der Waals surface area contributed by atoms with Crippen molar-refractivity contribution in [2.75, 3.05) is 0 Å². The van der Waals surface area contributed by atoms with E-state index in [2.05, 4.69) is 52.6 Å². The lowest BCUT2D eigenvalue weighted by Gasteiger charge is -2.13. The van der Waals surface area contributed by atoms with Gasteiger partial charge in [0.1, 0.15) is 0 Å². The molecular formula is C8H4Br3NO4S2. The summed E-state index contributed by atoms with van der Waals surface area (Å²) in [6, 6.07) is 4.60. The number of rotatable bonds is 2. The van der Waals surface area contributed by atoms with Crippen molar-refractivity contribution in [2.24, 2.45) is 0 Å². The summed E-state index contributed by atoms with van der Waals surface area (Å²) in [5, 5.41) is 0. The van der Waals surface area contributed by atoms with E-state index in [0.717, 1.165) is 12.1 Å². The normalized spacial score (nSPS) is 13.0. The first-order chi connectivity index (χ1) is 8.04. The second-order valence-electron chi connectivity index (χ2n) is 2.96. The van der Waals surface area contributed by atoms with Crippen LogP contribution in [0.5, 0.6) is 0 Å². The fraction of sp³-hybridized carbons (Fsp3) is 0.125. The summed E-state index contributed by atoms with van der Waals surface area (Å²) in [6.45, 7) is 6.73. The van der Waals surface area contributed by atoms with Crippen LogP contribution in [0.15, 0.2) is 29.2 Å². The van der Waals surface area contributed by atoms with Crippen molar-refractivity contribution in [3.05, 3.63) is 35.7 Å². The molecular weight excluding hydrogens is 478 g/mol. The summed E-state index contributed by atoms with van der Waals surface area (Å²) < 4.78 is 45.6. The van der Waals surface area contributed by atoms with E-state index in [-0.39, 0.29) is 5.69 Å². The van der Waals surface area contributed by atoms with Gasteiger partial charge in [0, 0.05) is 0 Å². The predicted octanol–water partition coefficient (Wildman–Crippen LogP) is 3.14. The smallest absolute Gasteiger partial charge is 0.238 e. The van der Waals surface area contributed by atoms with Crippen LogP contribution in [0.4, 0.5) is 5.69 Å². The van der Waals surface area contributed by atoms with E-state index >= 15 is 0 Å². The Labute approximate surface area is 129 Å².